The number of aryl methyl sites for hydroxylation is 1. The second-order valence-corrected chi connectivity index (χ2v) is 5.95. The molecule has 0 saturated heterocycles. The van der Waals surface area contributed by atoms with E-state index in [1.807, 2.05) is 6.07 Å². The molecule has 0 atom stereocenters. The van der Waals surface area contributed by atoms with Crippen molar-refractivity contribution in [1.82, 2.24) is 0 Å². The average Bonchev–Trinajstić information content (AvgIpc) is 2.65. The number of benzene rings is 2. The standard InChI is InChI=1S/C19H20ClNO6/c1-25-15-8-4-11(17(26-2)18(15)27-3)5-9-16(22)21-12-6-7-13(19(23)24)14(20)10-12/h4,6-8,10H,5,9H2,1-3H3,(H,21,22)(H,23,24). The van der Waals surface area contributed by atoms with Crippen LogP contribution in [0.5, 0.6) is 17.2 Å². The number of anilines is 1. The summed E-state index contributed by atoms with van der Waals surface area (Å²) in [6.07, 6.45) is 0.598. The first-order valence-corrected chi connectivity index (χ1v) is 8.39. The average molecular weight is 394 g/mol. The predicted octanol–water partition coefficient (Wildman–Crippen LogP) is 3.64. The molecule has 0 spiro atoms. The fraction of sp³-hybridized carbons (Fsp3) is 0.263. The van der Waals surface area contributed by atoms with Crippen LogP contribution in [0, 0.1) is 0 Å². The topological polar surface area (TPSA) is 94.1 Å². The predicted molar refractivity (Wildman–Crippen MR) is 101 cm³/mol. The van der Waals surface area contributed by atoms with Crippen molar-refractivity contribution in [1.29, 1.82) is 0 Å². The number of hydrogen-bond acceptors (Lipinski definition) is 5. The van der Waals surface area contributed by atoms with Crippen LogP contribution in [0.4, 0.5) is 5.69 Å². The molecule has 0 fully saturated rings. The Bertz CT molecular complexity index is 852. The van der Waals surface area contributed by atoms with E-state index in [-0.39, 0.29) is 22.9 Å². The van der Waals surface area contributed by atoms with Gasteiger partial charge in [0.05, 0.1) is 31.9 Å². The van der Waals surface area contributed by atoms with Crippen LogP contribution >= 0.6 is 11.6 Å². The number of amides is 1. The lowest BCUT2D eigenvalue weighted by molar-refractivity contribution is -0.116. The number of halogens is 1. The molecule has 0 aliphatic carbocycles. The molecule has 7 nitrogen and oxygen atoms in total. The summed E-state index contributed by atoms with van der Waals surface area (Å²) in [6.45, 7) is 0. The Morgan fingerprint density at radius 3 is 2.30 bits per heavy atom. The lowest BCUT2D eigenvalue weighted by Gasteiger charge is -2.15. The Hall–Kier alpha value is -2.93. The number of carbonyl (C=O) groups excluding carboxylic acids is 1. The van der Waals surface area contributed by atoms with Crippen LogP contribution < -0.4 is 19.5 Å². The van der Waals surface area contributed by atoms with Gasteiger partial charge in [-0.2, -0.15) is 0 Å². The van der Waals surface area contributed by atoms with Gasteiger partial charge in [0.1, 0.15) is 0 Å². The fourth-order valence-electron chi connectivity index (χ4n) is 2.60. The van der Waals surface area contributed by atoms with E-state index in [1.165, 1.54) is 39.5 Å². The molecule has 2 rings (SSSR count). The van der Waals surface area contributed by atoms with Gasteiger partial charge in [0.2, 0.25) is 11.7 Å². The number of hydrogen-bond donors (Lipinski definition) is 2. The number of nitrogens with one attached hydrogen (secondary N) is 1. The van der Waals surface area contributed by atoms with E-state index in [4.69, 9.17) is 30.9 Å². The Morgan fingerprint density at radius 1 is 1.04 bits per heavy atom. The summed E-state index contributed by atoms with van der Waals surface area (Å²) in [5.41, 5.74) is 1.20. The maximum absolute atomic E-state index is 12.2. The van der Waals surface area contributed by atoms with E-state index < -0.39 is 5.97 Å². The molecule has 8 heteroatoms. The van der Waals surface area contributed by atoms with Crippen molar-refractivity contribution >= 4 is 29.2 Å². The quantitative estimate of drug-likeness (QED) is 0.711. The van der Waals surface area contributed by atoms with Crippen LogP contribution in [0.3, 0.4) is 0 Å². The fourth-order valence-corrected chi connectivity index (χ4v) is 2.86. The van der Waals surface area contributed by atoms with Crippen molar-refractivity contribution in [2.75, 3.05) is 26.6 Å². The van der Waals surface area contributed by atoms with Crippen molar-refractivity contribution in [3.8, 4) is 17.2 Å². The smallest absolute Gasteiger partial charge is 0.337 e. The van der Waals surface area contributed by atoms with Crippen molar-refractivity contribution in [3.63, 3.8) is 0 Å². The monoisotopic (exact) mass is 393 g/mol. The number of carbonyl (C=O) groups is 2. The van der Waals surface area contributed by atoms with Crippen molar-refractivity contribution in [3.05, 3.63) is 46.5 Å². The molecular formula is C19H20ClNO6. The number of rotatable bonds is 8. The number of aromatic carboxylic acids is 1. The van der Waals surface area contributed by atoms with E-state index in [1.54, 1.807) is 6.07 Å². The van der Waals surface area contributed by atoms with Crippen LogP contribution in [-0.2, 0) is 11.2 Å². The first-order chi connectivity index (χ1) is 12.9. The highest BCUT2D eigenvalue weighted by atomic mass is 35.5. The van der Waals surface area contributed by atoms with Gasteiger partial charge in [-0.05, 0) is 36.2 Å². The van der Waals surface area contributed by atoms with Crippen LogP contribution in [-0.4, -0.2) is 38.3 Å². The highest BCUT2D eigenvalue weighted by molar-refractivity contribution is 6.33. The molecule has 2 N–H and O–H groups in total. The van der Waals surface area contributed by atoms with Gasteiger partial charge in [-0.25, -0.2) is 4.79 Å². The van der Waals surface area contributed by atoms with E-state index in [0.29, 0.717) is 29.4 Å². The number of methoxy groups -OCH3 is 3. The molecule has 0 unspecified atom stereocenters. The minimum atomic E-state index is -1.13. The van der Waals surface area contributed by atoms with Crippen LogP contribution in [0.1, 0.15) is 22.3 Å². The first-order valence-electron chi connectivity index (χ1n) is 8.01. The zero-order valence-corrected chi connectivity index (χ0v) is 15.9. The molecule has 0 radical (unpaired) electrons. The SMILES string of the molecule is COc1ccc(CCC(=O)Nc2ccc(C(=O)O)c(Cl)c2)c(OC)c1OC. The van der Waals surface area contributed by atoms with Crippen LogP contribution in [0.15, 0.2) is 30.3 Å². The molecule has 0 aliphatic heterocycles. The summed E-state index contributed by atoms with van der Waals surface area (Å²) in [5.74, 6) is 0.146. The van der Waals surface area contributed by atoms with Crippen molar-refractivity contribution < 1.29 is 28.9 Å². The van der Waals surface area contributed by atoms with E-state index >= 15 is 0 Å². The molecule has 2 aromatic rings. The molecule has 0 saturated carbocycles. The maximum Gasteiger partial charge on any atom is 0.337 e. The third-order valence-electron chi connectivity index (χ3n) is 3.89. The third kappa shape index (κ3) is 4.83. The van der Waals surface area contributed by atoms with Gasteiger partial charge in [-0.3, -0.25) is 4.79 Å². The summed E-state index contributed by atoms with van der Waals surface area (Å²) >= 11 is 5.91. The number of ether oxygens (including phenoxy) is 3. The summed E-state index contributed by atoms with van der Waals surface area (Å²) in [6, 6.07) is 7.80. The molecule has 144 valence electrons. The summed E-state index contributed by atoms with van der Waals surface area (Å²) in [4.78, 5) is 23.2. The first kappa shape index (κ1) is 20.4. The normalized spacial score (nSPS) is 10.2. The molecule has 0 bridgehead atoms. The second kappa shape index (κ2) is 9.14. The Balaban J connectivity index is 2.08. The molecule has 0 aliphatic rings. The molecular weight excluding hydrogens is 374 g/mol. The zero-order chi connectivity index (χ0) is 20.0. The largest absolute Gasteiger partial charge is 0.493 e. The van der Waals surface area contributed by atoms with E-state index in [2.05, 4.69) is 5.32 Å². The molecule has 0 heterocycles. The van der Waals surface area contributed by atoms with E-state index in [9.17, 15) is 9.59 Å². The lowest BCUT2D eigenvalue weighted by Crippen LogP contribution is -2.13. The van der Waals surface area contributed by atoms with Gasteiger partial charge >= 0.3 is 5.97 Å². The van der Waals surface area contributed by atoms with E-state index in [0.717, 1.165) is 5.56 Å². The third-order valence-corrected chi connectivity index (χ3v) is 4.20. The lowest BCUT2D eigenvalue weighted by atomic mass is 10.1. The van der Waals surface area contributed by atoms with Gasteiger partial charge in [-0.1, -0.05) is 17.7 Å². The van der Waals surface area contributed by atoms with Crippen LogP contribution in [0.2, 0.25) is 5.02 Å². The molecule has 1 amide bonds. The number of carboxylic acids is 1. The highest BCUT2D eigenvalue weighted by Crippen LogP contribution is 2.40. The van der Waals surface area contributed by atoms with Gasteiger partial charge in [0.15, 0.2) is 11.5 Å². The highest BCUT2D eigenvalue weighted by Gasteiger charge is 2.17. The minimum absolute atomic E-state index is 0.0234. The van der Waals surface area contributed by atoms with Gasteiger partial charge in [0.25, 0.3) is 0 Å². The molecule has 0 aromatic heterocycles. The van der Waals surface area contributed by atoms with Crippen molar-refractivity contribution in [2.24, 2.45) is 0 Å². The zero-order valence-electron chi connectivity index (χ0n) is 15.2. The Kier molecular flexibility index (Phi) is 6.90. The Morgan fingerprint density at radius 2 is 1.74 bits per heavy atom. The van der Waals surface area contributed by atoms with Crippen molar-refractivity contribution in [2.45, 2.75) is 12.8 Å². The molecule has 27 heavy (non-hydrogen) atoms. The second-order valence-electron chi connectivity index (χ2n) is 5.54. The maximum atomic E-state index is 12.2. The Labute approximate surface area is 161 Å². The van der Waals surface area contributed by atoms with Gasteiger partial charge < -0.3 is 24.6 Å². The minimum Gasteiger partial charge on any atom is -0.493 e. The summed E-state index contributed by atoms with van der Waals surface area (Å²) in [7, 11) is 4.57. The summed E-state index contributed by atoms with van der Waals surface area (Å²) in [5, 5.41) is 11.7. The van der Waals surface area contributed by atoms with Crippen LogP contribution in [0.25, 0.3) is 0 Å². The van der Waals surface area contributed by atoms with Gasteiger partial charge in [-0.15, -0.1) is 0 Å². The molecule has 2 aromatic carbocycles. The number of carboxylic acid groups (broad SMARTS) is 1. The van der Waals surface area contributed by atoms with Gasteiger partial charge in [0, 0.05) is 12.1 Å². The summed E-state index contributed by atoms with van der Waals surface area (Å²) < 4.78 is 16.0.